The molecule has 2 rings (SSSR count). The Morgan fingerprint density at radius 3 is 2.50 bits per heavy atom. The molecule has 1 N–H and O–H groups in total. The fourth-order valence-electron chi connectivity index (χ4n) is 1.46. The summed E-state index contributed by atoms with van der Waals surface area (Å²) in [6, 6.07) is 5.69. The summed E-state index contributed by atoms with van der Waals surface area (Å²) in [5.74, 6) is -3.88. The van der Waals surface area contributed by atoms with Crippen LogP contribution in [0.15, 0.2) is 30.5 Å². The molecule has 94 valence electrons. The van der Waals surface area contributed by atoms with Crippen molar-refractivity contribution in [1.29, 1.82) is 0 Å². The van der Waals surface area contributed by atoms with Crippen molar-refractivity contribution in [1.82, 2.24) is 4.98 Å². The molecule has 0 saturated carbocycles. The van der Waals surface area contributed by atoms with Gasteiger partial charge in [-0.1, -0.05) is 6.07 Å². The quantitative estimate of drug-likeness (QED) is 0.847. The van der Waals surface area contributed by atoms with Crippen molar-refractivity contribution in [2.75, 3.05) is 5.32 Å². The lowest BCUT2D eigenvalue weighted by molar-refractivity contribution is 0.449. The Kier molecular flexibility index (Phi) is 3.50. The van der Waals surface area contributed by atoms with E-state index in [0.717, 1.165) is 23.4 Å². The summed E-state index contributed by atoms with van der Waals surface area (Å²) in [5, 5.41) is 2.70. The lowest BCUT2D eigenvalue weighted by Gasteiger charge is -2.08. The van der Waals surface area contributed by atoms with Crippen LogP contribution in [0.3, 0.4) is 0 Å². The first-order valence-electron chi connectivity index (χ1n) is 5.37. The van der Waals surface area contributed by atoms with E-state index < -0.39 is 17.5 Å². The van der Waals surface area contributed by atoms with Gasteiger partial charge in [-0.15, -0.1) is 0 Å². The molecule has 0 bridgehead atoms. The van der Waals surface area contributed by atoms with E-state index in [1.54, 1.807) is 6.20 Å². The van der Waals surface area contributed by atoms with Gasteiger partial charge in [0.2, 0.25) is 0 Å². The number of nitrogens with one attached hydrogen (secondary N) is 1. The van der Waals surface area contributed by atoms with Crippen LogP contribution in [-0.2, 0) is 6.54 Å². The van der Waals surface area contributed by atoms with Crippen molar-refractivity contribution in [3.05, 3.63) is 59.2 Å². The number of pyridine rings is 1. The fourth-order valence-corrected chi connectivity index (χ4v) is 1.46. The van der Waals surface area contributed by atoms with E-state index in [-0.39, 0.29) is 12.2 Å². The molecule has 18 heavy (non-hydrogen) atoms. The topological polar surface area (TPSA) is 24.9 Å². The first-order chi connectivity index (χ1) is 8.58. The summed E-state index contributed by atoms with van der Waals surface area (Å²) in [4.78, 5) is 4.08. The van der Waals surface area contributed by atoms with Crippen molar-refractivity contribution in [2.24, 2.45) is 0 Å². The molecule has 0 spiro atoms. The van der Waals surface area contributed by atoms with E-state index in [1.165, 1.54) is 0 Å². The number of anilines is 1. The molecule has 1 aromatic heterocycles. The highest BCUT2D eigenvalue weighted by molar-refractivity contribution is 5.45. The second-order valence-corrected chi connectivity index (χ2v) is 3.88. The van der Waals surface area contributed by atoms with Gasteiger partial charge in [-0.2, -0.15) is 0 Å². The normalized spacial score (nSPS) is 10.4. The van der Waals surface area contributed by atoms with Crippen LogP contribution < -0.4 is 5.32 Å². The number of nitrogens with zero attached hydrogens (tertiary/aromatic N) is 1. The van der Waals surface area contributed by atoms with E-state index in [9.17, 15) is 13.2 Å². The monoisotopic (exact) mass is 252 g/mol. The van der Waals surface area contributed by atoms with Crippen LogP contribution >= 0.6 is 0 Å². The van der Waals surface area contributed by atoms with Gasteiger partial charge in [0, 0.05) is 18.4 Å². The third-order valence-electron chi connectivity index (χ3n) is 2.49. The molecule has 1 heterocycles. The van der Waals surface area contributed by atoms with E-state index in [0.29, 0.717) is 0 Å². The minimum atomic E-state index is -1.47. The maximum absolute atomic E-state index is 13.3. The Bertz CT molecular complexity index is 553. The maximum atomic E-state index is 13.3. The van der Waals surface area contributed by atoms with Crippen LogP contribution in [0, 0.1) is 24.4 Å². The SMILES string of the molecule is Cc1ccc(CNc2ccc(F)c(F)c2F)cn1. The molecule has 0 unspecified atom stereocenters. The fraction of sp³-hybridized carbons (Fsp3) is 0.154. The van der Waals surface area contributed by atoms with Gasteiger partial charge in [-0.25, -0.2) is 13.2 Å². The Morgan fingerprint density at radius 1 is 1.06 bits per heavy atom. The van der Waals surface area contributed by atoms with Crippen molar-refractivity contribution in [3.8, 4) is 0 Å². The van der Waals surface area contributed by atoms with Crippen molar-refractivity contribution < 1.29 is 13.2 Å². The summed E-state index contributed by atoms with van der Waals surface area (Å²) >= 11 is 0. The molecule has 0 amide bonds. The lowest BCUT2D eigenvalue weighted by Crippen LogP contribution is -2.04. The Morgan fingerprint density at radius 2 is 1.83 bits per heavy atom. The van der Waals surface area contributed by atoms with Gasteiger partial charge in [-0.05, 0) is 30.7 Å². The van der Waals surface area contributed by atoms with Gasteiger partial charge in [0.25, 0.3) is 0 Å². The van der Waals surface area contributed by atoms with Crippen LogP contribution in [0.25, 0.3) is 0 Å². The average Bonchev–Trinajstić information content (AvgIpc) is 2.37. The minimum absolute atomic E-state index is 0.0746. The van der Waals surface area contributed by atoms with Gasteiger partial charge in [0.1, 0.15) is 0 Å². The first kappa shape index (κ1) is 12.4. The number of halogens is 3. The molecule has 0 saturated heterocycles. The zero-order chi connectivity index (χ0) is 13.1. The highest BCUT2D eigenvalue weighted by Crippen LogP contribution is 2.20. The molecule has 0 radical (unpaired) electrons. The van der Waals surface area contributed by atoms with Crippen LogP contribution in [0.1, 0.15) is 11.3 Å². The Labute approximate surface area is 102 Å². The van der Waals surface area contributed by atoms with Gasteiger partial charge in [0.15, 0.2) is 17.5 Å². The van der Waals surface area contributed by atoms with Gasteiger partial charge < -0.3 is 5.32 Å². The number of aromatic nitrogens is 1. The third-order valence-corrected chi connectivity index (χ3v) is 2.49. The molecule has 0 aliphatic heterocycles. The highest BCUT2D eigenvalue weighted by atomic mass is 19.2. The molecule has 0 aliphatic rings. The largest absolute Gasteiger partial charge is 0.378 e. The van der Waals surface area contributed by atoms with Crippen molar-refractivity contribution in [2.45, 2.75) is 13.5 Å². The maximum Gasteiger partial charge on any atom is 0.196 e. The van der Waals surface area contributed by atoms with E-state index in [1.807, 2.05) is 19.1 Å². The number of hydrogen-bond donors (Lipinski definition) is 1. The predicted molar refractivity (Wildman–Crippen MR) is 62.6 cm³/mol. The summed E-state index contributed by atoms with van der Waals surface area (Å²) < 4.78 is 39.0. The van der Waals surface area contributed by atoms with Crippen LogP contribution in [0.4, 0.5) is 18.9 Å². The van der Waals surface area contributed by atoms with Crippen molar-refractivity contribution in [3.63, 3.8) is 0 Å². The lowest BCUT2D eigenvalue weighted by atomic mass is 10.2. The molecule has 2 nitrogen and oxygen atoms in total. The van der Waals surface area contributed by atoms with Crippen LogP contribution in [0.2, 0.25) is 0 Å². The minimum Gasteiger partial charge on any atom is -0.378 e. The molecule has 1 aromatic carbocycles. The molecule has 0 aliphatic carbocycles. The second-order valence-electron chi connectivity index (χ2n) is 3.88. The van der Waals surface area contributed by atoms with Gasteiger partial charge >= 0.3 is 0 Å². The van der Waals surface area contributed by atoms with E-state index in [4.69, 9.17) is 0 Å². The number of benzene rings is 1. The molecule has 5 heteroatoms. The molecular formula is C13H11F3N2. The Hall–Kier alpha value is -2.04. The summed E-state index contributed by atoms with van der Waals surface area (Å²) in [5.41, 5.74) is 1.62. The molecular weight excluding hydrogens is 241 g/mol. The predicted octanol–water partition coefficient (Wildman–Crippen LogP) is 3.42. The summed E-state index contributed by atoms with van der Waals surface area (Å²) in [7, 11) is 0. The Balaban J connectivity index is 2.11. The smallest absolute Gasteiger partial charge is 0.196 e. The zero-order valence-corrected chi connectivity index (χ0v) is 9.67. The summed E-state index contributed by atoms with van der Waals surface area (Å²) in [6.07, 6.45) is 1.64. The number of hydrogen-bond acceptors (Lipinski definition) is 2. The average molecular weight is 252 g/mol. The molecule has 2 aromatic rings. The second kappa shape index (κ2) is 5.08. The highest BCUT2D eigenvalue weighted by Gasteiger charge is 2.12. The summed E-state index contributed by atoms with van der Waals surface area (Å²) in [6.45, 7) is 2.14. The number of rotatable bonds is 3. The number of aryl methyl sites for hydroxylation is 1. The zero-order valence-electron chi connectivity index (χ0n) is 9.67. The van der Waals surface area contributed by atoms with Gasteiger partial charge in [-0.3, -0.25) is 4.98 Å². The first-order valence-corrected chi connectivity index (χ1v) is 5.37. The van der Waals surface area contributed by atoms with Crippen molar-refractivity contribution >= 4 is 5.69 Å². The standard InChI is InChI=1S/C13H11F3N2/c1-8-2-3-9(6-17-8)7-18-11-5-4-10(14)12(15)13(11)16/h2-6,18H,7H2,1H3. The van der Waals surface area contributed by atoms with Crippen LogP contribution in [-0.4, -0.2) is 4.98 Å². The molecule has 0 atom stereocenters. The molecule has 0 fully saturated rings. The van der Waals surface area contributed by atoms with E-state index >= 15 is 0 Å². The van der Waals surface area contributed by atoms with Gasteiger partial charge in [0.05, 0.1) is 5.69 Å². The van der Waals surface area contributed by atoms with Crippen LogP contribution in [0.5, 0.6) is 0 Å². The third kappa shape index (κ3) is 2.61. The van der Waals surface area contributed by atoms with E-state index in [2.05, 4.69) is 10.3 Å².